The van der Waals surface area contributed by atoms with Gasteiger partial charge in [0.15, 0.2) is 0 Å². The molecule has 3 nitrogen and oxygen atoms in total. The normalized spacial score (nSPS) is 40.7. The van der Waals surface area contributed by atoms with E-state index in [0.717, 1.165) is 18.5 Å². The number of likely N-dealkylation sites (tertiary alicyclic amines) is 1. The van der Waals surface area contributed by atoms with Gasteiger partial charge in [-0.3, -0.25) is 4.90 Å². The summed E-state index contributed by atoms with van der Waals surface area (Å²) in [6.07, 6.45) is 5.27. The van der Waals surface area contributed by atoms with E-state index in [9.17, 15) is 0 Å². The molecular formula is C13H26N2O. The topological polar surface area (TPSA) is 24.5 Å². The molecule has 0 aromatic carbocycles. The maximum atomic E-state index is 5.67. The average Bonchev–Trinajstić information content (AvgIpc) is 2.25. The van der Waals surface area contributed by atoms with Crippen molar-refractivity contribution in [1.82, 2.24) is 10.2 Å². The number of rotatable bonds is 4. The summed E-state index contributed by atoms with van der Waals surface area (Å²) in [4.78, 5) is 2.67. The van der Waals surface area contributed by atoms with Crippen LogP contribution in [0, 0.1) is 5.92 Å². The molecular weight excluding hydrogens is 200 g/mol. The Kier molecular flexibility index (Phi) is 3.88. The van der Waals surface area contributed by atoms with Crippen LogP contribution < -0.4 is 5.32 Å². The van der Waals surface area contributed by atoms with Crippen molar-refractivity contribution in [3.8, 4) is 0 Å². The Morgan fingerprint density at radius 1 is 1.44 bits per heavy atom. The Morgan fingerprint density at radius 2 is 2.25 bits per heavy atom. The van der Waals surface area contributed by atoms with Gasteiger partial charge in [-0.25, -0.2) is 0 Å². The predicted molar refractivity (Wildman–Crippen MR) is 66.7 cm³/mol. The number of nitrogens with one attached hydrogen (secondary N) is 1. The molecule has 3 heteroatoms. The quantitative estimate of drug-likeness (QED) is 0.786. The van der Waals surface area contributed by atoms with Gasteiger partial charge in [0.25, 0.3) is 0 Å². The Labute approximate surface area is 99.5 Å². The first-order valence-electron chi connectivity index (χ1n) is 6.62. The van der Waals surface area contributed by atoms with Crippen LogP contribution in [0.15, 0.2) is 0 Å². The minimum atomic E-state index is 0.0953. The average molecular weight is 226 g/mol. The molecule has 1 saturated heterocycles. The zero-order chi connectivity index (χ0) is 11.6. The largest absolute Gasteiger partial charge is 0.377 e. The summed E-state index contributed by atoms with van der Waals surface area (Å²) in [7, 11) is 3.92. The van der Waals surface area contributed by atoms with Crippen molar-refractivity contribution in [2.24, 2.45) is 5.92 Å². The van der Waals surface area contributed by atoms with Crippen LogP contribution in [0.4, 0.5) is 0 Å². The maximum absolute atomic E-state index is 5.67. The van der Waals surface area contributed by atoms with Gasteiger partial charge in [0.1, 0.15) is 0 Å². The molecule has 0 aromatic heterocycles. The molecule has 2 aliphatic rings. The first-order valence-corrected chi connectivity index (χ1v) is 6.62. The van der Waals surface area contributed by atoms with E-state index in [-0.39, 0.29) is 5.60 Å². The summed E-state index contributed by atoms with van der Waals surface area (Å²) >= 11 is 0. The molecule has 94 valence electrons. The van der Waals surface area contributed by atoms with Crippen LogP contribution in [0.3, 0.4) is 0 Å². The fraction of sp³-hybridized carbons (Fsp3) is 1.00. The Bertz CT molecular complexity index is 234. The summed E-state index contributed by atoms with van der Waals surface area (Å²) in [5, 5.41) is 3.32. The predicted octanol–water partition coefficient (Wildman–Crippen LogP) is 1.49. The van der Waals surface area contributed by atoms with Gasteiger partial charge < -0.3 is 10.1 Å². The minimum absolute atomic E-state index is 0.0953. The zero-order valence-corrected chi connectivity index (χ0v) is 11.0. The third-order valence-corrected chi connectivity index (χ3v) is 4.49. The van der Waals surface area contributed by atoms with Gasteiger partial charge >= 0.3 is 0 Å². The third kappa shape index (κ3) is 2.41. The van der Waals surface area contributed by atoms with Crippen LogP contribution in [0.2, 0.25) is 0 Å². The highest BCUT2D eigenvalue weighted by Gasteiger charge is 2.40. The van der Waals surface area contributed by atoms with E-state index in [1.807, 2.05) is 7.11 Å². The molecule has 0 radical (unpaired) electrons. The fourth-order valence-electron chi connectivity index (χ4n) is 3.23. The highest BCUT2D eigenvalue weighted by molar-refractivity contribution is 4.95. The molecule has 2 fully saturated rings. The van der Waals surface area contributed by atoms with Crippen molar-refractivity contribution in [1.29, 1.82) is 0 Å². The lowest BCUT2D eigenvalue weighted by molar-refractivity contribution is -0.0803. The number of ether oxygens (including phenoxy) is 1. The van der Waals surface area contributed by atoms with Crippen LogP contribution in [0.1, 0.15) is 32.6 Å². The van der Waals surface area contributed by atoms with Crippen LogP contribution >= 0.6 is 0 Å². The zero-order valence-electron chi connectivity index (χ0n) is 11.0. The van der Waals surface area contributed by atoms with Crippen molar-refractivity contribution in [2.75, 3.05) is 33.8 Å². The molecule has 16 heavy (non-hydrogen) atoms. The van der Waals surface area contributed by atoms with Crippen LogP contribution in [-0.2, 0) is 4.74 Å². The summed E-state index contributed by atoms with van der Waals surface area (Å²) < 4.78 is 5.67. The van der Waals surface area contributed by atoms with Gasteiger partial charge in [-0.05, 0) is 58.7 Å². The highest BCUT2D eigenvalue weighted by atomic mass is 16.5. The first-order chi connectivity index (χ1) is 7.68. The Morgan fingerprint density at radius 3 is 2.81 bits per heavy atom. The molecule has 3 atom stereocenters. The van der Waals surface area contributed by atoms with Gasteiger partial charge in [-0.15, -0.1) is 0 Å². The van der Waals surface area contributed by atoms with Crippen molar-refractivity contribution in [2.45, 2.75) is 44.2 Å². The van der Waals surface area contributed by atoms with Gasteiger partial charge in [0.2, 0.25) is 0 Å². The molecule has 0 aromatic rings. The number of piperidine rings is 1. The van der Waals surface area contributed by atoms with E-state index >= 15 is 0 Å². The van der Waals surface area contributed by atoms with E-state index in [1.165, 1.54) is 38.8 Å². The van der Waals surface area contributed by atoms with E-state index in [4.69, 9.17) is 4.74 Å². The lowest BCUT2D eigenvalue weighted by atomic mass is 9.77. The molecule has 3 unspecified atom stereocenters. The fourth-order valence-corrected chi connectivity index (χ4v) is 3.23. The molecule has 0 spiro atoms. The van der Waals surface area contributed by atoms with Gasteiger partial charge in [0, 0.05) is 19.7 Å². The lowest BCUT2D eigenvalue weighted by Gasteiger charge is -2.50. The highest BCUT2D eigenvalue weighted by Crippen LogP contribution is 2.35. The summed E-state index contributed by atoms with van der Waals surface area (Å²) in [5.74, 6) is 0.865. The smallest absolute Gasteiger partial charge is 0.0777 e. The second-order valence-corrected chi connectivity index (χ2v) is 5.69. The number of hydrogen-bond acceptors (Lipinski definition) is 3. The third-order valence-electron chi connectivity index (χ3n) is 4.49. The maximum Gasteiger partial charge on any atom is 0.0777 e. The molecule has 1 aliphatic heterocycles. The van der Waals surface area contributed by atoms with Crippen molar-refractivity contribution >= 4 is 0 Å². The van der Waals surface area contributed by atoms with Crippen molar-refractivity contribution in [3.63, 3.8) is 0 Å². The SMILES string of the molecule is CNCC1CCC1N1CCCC(C)(OC)C1. The molecule has 2 rings (SSSR count). The second-order valence-electron chi connectivity index (χ2n) is 5.69. The Hall–Kier alpha value is -0.120. The van der Waals surface area contributed by atoms with Crippen LogP contribution in [0.25, 0.3) is 0 Å². The molecule has 1 aliphatic carbocycles. The van der Waals surface area contributed by atoms with Crippen molar-refractivity contribution < 1.29 is 4.74 Å². The van der Waals surface area contributed by atoms with Gasteiger partial charge in [0.05, 0.1) is 5.60 Å². The monoisotopic (exact) mass is 226 g/mol. The molecule has 1 N–H and O–H groups in total. The van der Waals surface area contributed by atoms with E-state index in [1.54, 1.807) is 0 Å². The first kappa shape index (κ1) is 12.3. The summed E-state index contributed by atoms with van der Waals surface area (Å²) in [5.41, 5.74) is 0.0953. The van der Waals surface area contributed by atoms with Crippen LogP contribution in [0.5, 0.6) is 0 Å². The second kappa shape index (κ2) is 5.03. The minimum Gasteiger partial charge on any atom is -0.377 e. The number of nitrogens with zero attached hydrogens (tertiary/aromatic N) is 1. The number of hydrogen-bond donors (Lipinski definition) is 1. The molecule has 0 amide bonds. The molecule has 1 saturated carbocycles. The van der Waals surface area contributed by atoms with E-state index < -0.39 is 0 Å². The molecule has 1 heterocycles. The van der Waals surface area contributed by atoms with E-state index in [2.05, 4.69) is 24.2 Å². The standard InChI is InChI=1S/C13H26N2O/c1-13(16-3)7-4-8-15(10-13)12-6-5-11(12)9-14-2/h11-12,14H,4-10H2,1-3H3. The summed E-state index contributed by atoms with van der Waals surface area (Å²) in [6, 6.07) is 0.808. The van der Waals surface area contributed by atoms with Crippen molar-refractivity contribution in [3.05, 3.63) is 0 Å². The van der Waals surface area contributed by atoms with Gasteiger partial charge in [-0.1, -0.05) is 0 Å². The van der Waals surface area contributed by atoms with Crippen LogP contribution in [-0.4, -0.2) is 50.3 Å². The lowest BCUT2D eigenvalue weighted by Crippen LogP contribution is -2.57. The summed E-state index contributed by atoms with van der Waals surface area (Å²) in [6.45, 7) is 5.81. The Balaban J connectivity index is 1.89. The van der Waals surface area contributed by atoms with E-state index in [0.29, 0.717) is 0 Å². The number of methoxy groups -OCH3 is 1. The van der Waals surface area contributed by atoms with Gasteiger partial charge in [-0.2, -0.15) is 0 Å². The molecule has 0 bridgehead atoms.